The number of aryl methyl sites for hydroxylation is 1. The van der Waals surface area contributed by atoms with Crippen molar-refractivity contribution in [1.82, 2.24) is 25.5 Å². The molecule has 1 N–H and O–H groups in total. The fraction of sp³-hybridized carbons (Fsp3) is 0.923. The van der Waals surface area contributed by atoms with Gasteiger partial charge in [0.1, 0.15) is 0 Å². The van der Waals surface area contributed by atoms with E-state index in [1.165, 1.54) is 17.6 Å². The first-order chi connectivity index (χ1) is 9.20. The second-order valence-corrected chi connectivity index (χ2v) is 5.21. The Kier molecular flexibility index (Phi) is 4.87. The van der Waals surface area contributed by atoms with Gasteiger partial charge in [-0.3, -0.25) is 0 Å². The summed E-state index contributed by atoms with van der Waals surface area (Å²) in [5.74, 6) is 0.791. The molecule has 0 saturated heterocycles. The molecule has 1 saturated carbocycles. The Balaban J connectivity index is 2.12. The number of nitrogens with zero attached hydrogens (tertiary/aromatic N) is 4. The summed E-state index contributed by atoms with van der Waals surface area (Å²) in [5.41, 5.74) is -0.0516. The summed E-state index contributed by atoms with van der Waals surface area (Å²) < 4.78 is 6.14. The van der Waals surface area contributed by atoms with Gasteiger partial charge in [0.05, 0.1) is 12.6 Å². The van der Waals surface area contributed by atoms with Gasteiger partial charge < -0.3 is 10.1 Å². The van der Waals surface area contributed by atoms with E-state index in [-0.39, 0.29) is 11.6 Å². The van der Waals surface area contributed by atoms with E-state index in [1.54, 1.807) is 7.05 Å². The second-order valence-electron chi connectivity index (χ2n) is 5.21. The van der Waals surface area contributed by atoms with Crippen molar-refractivity contribution in [2.75, 3.05) is 13.2 Å². The molecule has 0 bridgehead atoms. The minimum atomic E-state index is -0.0516. The van der Waals surface area contributed by atoms with Crippen LogP contribution in [-0.2, 0) is 18.2 Å². The average molecular weight is 267 g/mol. The fourth-order valence-corrected chi connectivity index (χ4v) is 3.13. The van der Waals surface area contributed by atoms with Crippen molar-refractivity contribution in [3.8, 4) is 0 Å². The van der Waals surface area contributed by atoms with E-state index in [2.05, 4.69) is 34.6 Å². The maximum atomic E-state index is 6.14. The largest absolute Gasteiger partial charge is 0.374 e. The zero-order valence-electron chi connectivity index (χ0n) is 12.2. The van der Waals surface area contributed by atoms with Crippen molar-refractivity contribution >= 4 is 0 Å². The monoisotopic (exact) mass is 267 g/mol. The predicted molar refractivity (Wildman–Crippen MR) is 72.8 cm³/mol. The standard InChI is InChI=1S/C13H25N5O/c1-4-14-11(10-12-15-17-18(3)16-12)13(19-5-2)8-6-7-9-13/h11,14H,4-10H2,1-3H3. The van der Waals surface area contributed by atoms with E-state index < -0.39 is 0 Å². The quantitative estimate of drug-likeness (QED) is 0.801. The number of aromatic nitrogens is 4. The molecule has 1 fully saturated rings. The van der Waals surface area contributed by atoms with Crippen molar-refractivity contribution in [1.29, 1.82) is 0 Å². The van der Waals surface area contributed by atoms with Gasteiger partial charge in [-0.1, -0.05) is 19.8 Å². The molecule has 1 aromatic heterocycles. The molecule has 1 aromatic rings. The van der Waals surface area contributed by atoms with Gasteiger partial charge in [0.25, 0.3) is 0 Å². The van der Waals surface area contributed by atoms with Gasteiger partial charge in [-0.15, -0.1) is 10.2 Å². The smallest absolute Gasteiger partial charge is 0.176 e. The molecule has 19 heavy (non-hydrogen) atoms. The molecule has 6 nitrogen and oxygen atoms in total. The highest BCUT2D eigenvalue weighted by Crippen LogP contribution is 2.37. The Labute approximate surface area is 114 Å². The summed E-state index contributed by atoms with van der Waals surface area (Å²) >= 11 is 0. The molecule has 2 rings (SSSR count). The molecule has 1 unspecified atom stereocenters. The third-order valence-corrected chi connectivity index (χ3v) is 3.90. The summed E-state index contributed by atoms with van der Waals surface area (Å²) in [6.45, 7) is 5.89. The molecule has 1 heterocycles. The Bertz CT molecular complexity index is 386. The zero-order valence-corrected chi connectivity index (χ0v) is 12.2. The van der Waals surface area contributed by atoms with Crippen molar-refractivity contribution in [3.63, 3.8) is 0 Å². The van der Waals surface area contributed by atoms with E-state index in [0.29, 0.717) is 0 Å². The maximum Gasteiger partial charge on any atom is 0.176 e. The van der Waals surface area contributed by atoms with Crippen LogP contribution in [0.1, 0.15) is 45.4 Å². The minimum Gasteiger partial charge on any atom is -0.374 e. The van der Waals surface area contributed by atoms with Crippen molar-refractivity contribution in [3.05, 3.63) is 5.82 Å². The van der Waals surface area contributed by atoms with Gasteiger partial charge in [0.2, 0.25) is 0 Å². The number of rotatable bonds is 7. The normalized spacial score (nSPS) is 19.7. The van der Waals surface area contributed by atoms with E-state index >= 15 is 0 Å². The average Bonchev–Trinajstić information content (AvgIpc) is 3.00. The lowest BCUT2D eigenvalue weighted by atomic mass is 9.89. The highest BCUT2D eigenvalue weighted by atomic mass is 16.5. The third-order valence-electron chi connectivity index (χ3n) is 3.90. The fourth-order valence-electron chi connectivity index (χ4n) is 3.13. The van der Waals surface area contributed by atoms with Gasteiger partial charge in [0, 0.05) is 19.1 Å². The van der Waals surface area contributed by atoms with Gasteiger partial charge in [-0.05, 0) is 31.5 Å². The molecule has 1 aliphatic carbocycles. The lowest BCUT2D eigenvalue weighted by Crippen LogP contribution is -2.52. The Hall–Kier alpha value is -1.01. The molecule has 1 aliphatic rings. The predicted octanol–water partition coefficient (Wildman–Crippen LogP) is 1.08. The Morgan fingerprint density at radius 3 is 2.63 bits per heavy atom. The summed E-state index contributed by atoms with van der Waals surface area (Å²) in [4.78, 5) is 1.51. The molecule has 0 aliphatic heterocycles. The highest BCUT2D eigenvalue weighted by molar-refractivity contribution is 5.01. The topological polar surface area (TPSA) is 64.9 Å². The molecule has 0 radical (unpaired) electrons. The summed E-state index contributed by atoms with van der Waals surface area (Å²) in [5, 5.41) is 15.9. The van der Waals surface area contributed by atoms with Crippen LogP contribution in [0.5, 0.6) is 0 Å². The molecule has 6 heteroatoms. The maximum absolute atomic E-state index is 6.14. The molecular formula is C13H25N5O. The number of tetrazole rings is 1. The number of hydrogen-bond acceptors (Lipinski definition) is 5. The van der Waals surface area contributed by atoms with Crippen LogP contribution in [0.15, 0.2) is 0 Å². The van der Waals surface area contributed by atoms with Crippen molar-refractivity contribution in [2.24, 2.45) is 7.05 Å². The van der Waals surface area contributed by atoms with Crippen molar-refractivity contribution < 1.29 is 4.74 Å². The molecule has 0 aromatic carbocycles. The van der Waals surface area contributed by atoms with Crippen LogP contribution in [0.3, 0.4) is 0 Å². The van der Waals surface area contributed by atoms with Crippen molar-refractivity contribution in [2.45, 2.75) is 57.6 Å². The molecule has 0 spiro atoms. The second kappa shape index (κ2) is 6.43. The van der Waals surface area contributed by atoms with Crippen LogP contribution in [0.4, 0.5) is 0 Å². The number of likely N-dealkylation sites (N-methyl/N-ethyl adjacent to an activating group) is 1. The molecule has 0 amide bonds. The van der Waals surface area contributed by atoms with Crippen LogP contribution in [0.2, 0.25) is 0 Å². The Morgan fingerprint density at radius 2 is 2.11 bits per heavy atom. The van der Waals surface area contributed by atoms with Gasteiger partial charge in [0.15, 0.2) is 5.82 Å². The number of nitrogens with one attached hydrogen (secondary N) is 1. The first-order valence-electron chi connectivity index (χ1n) is 7.30. The lowest BCUT2D eigenvalue weighted by molar-refractivity contribution is -0.0613. The molecular weight excluding hydrogens is 242 g/mol. The van der Waals surface area contributed by atoms with Crippen LogP contribution < -0.4 is 5.32 Å². The van der Waals surface area contributed by atoms with E-state index in [0.717, 1.165) is 38.2 Å². The minimum absolute atomic E-state index is 0.0516. The van der Waals surface area contributed by atoms with Gasteiger partial charge >= 0.3 is 0 Å². The van der Waals surface area contributed by atoms with Gasteiger partial charge in [-0.2, -0.15) is 4.80 Å². The van der Waals surface area contributed by atoms with E-state index in [4.69, 9.17) is 4.74 Å². The highest BCUT2D eigenvalue weighted by Gasteiger charge is 2.42. The Morgan fingerprint density at radius 1 is 1.37 bits per heavy atom. The zero-order chi connectivity index (χ0) is 13.7. The van der Waals surface area contributed by atoms with E-state index in [9.17, 15) is 0 Å². The molecule has 108 valence electrons. The number of hydrogen-bond donors (Lipinski definition) is 1. The van der Waals surface area contributed by atoms with Crippen LogP contribution in [-0.4, -0.2) is 45.0 Å². The summed E-state index contributed by atoms with van der Waals surface area (Å²) in [6.07, 6.45) is 5.52. The first kappa shape index (κ1) is 14.4. The van der Waals surface area contributed by atoms with Crippen LogP contribution in [0, 0.1) is 0 Å². The first-order valence-corrected chi connectivity index (χ1v) is 7.30. The van der Waals surface area contributed by atoms with Crippen LogP contribution >= 0.6 is 0 Å². The van der Waals surface area contributed by atoms with Crippen LogP contribution in [0.25, 0.3) is 0 Å². The third kappa shape index (κ3) is 3.30. The lowest BCUT2D eigenvalue weighted by Gasteiger charge is -2.37. The van der Waals surface area contributed by atoms with E-state index in [1.807, 2.05) is 0 Å². The van der Waals surface area contributed by atoms with Gasteiger partial charge in [-0.25, -0.2) is 0 Å². The molecule has 1 atom stereocenters. The summed E-state index contributed by atoms with van der Waals surface area (Å²) in [6, 6.07) is 0.268. The summed E-state index contributed by atoms with van der Waals surface area (Å²) in [7, 11) is 1.80. The SMILES string of the molecule is CCNC(Cc1nnn(C)n1)C1(OCC)CCCC1. The number of ether oxygens (including phenoxy) is 1.